The summed E-state index contributed by atoms with van der Waals surface area (Å²) < 4.78 is 20.7. The monoisotopic (exact) mass is 881 g/mol. The highest BCUT2D eigenvalue weighted by atomic mass is 28.4. The Hall–Kier alpha value is -4.30. The van der Waals surface area contributed by atoms with Crippen LogP contribution in [0.1, 0.15) is 127 Å². The molecule has 0 aliphatic heterocycles. The standard InChI is InChI=1S/C57H72O6Si/c1-38(2)33-44(61-53(59)40-21-13-9-14-22-40)34-39(3)48-37-50(62-54(60)41-23-15-10-16-24-41)52-51-47(30-32-57(48,52)8)56(7)31-29-43(35-42(56)36-49(51)58)63-64(55(4,5)6,45-25-17-11-18-26-45)46-27-19-12-20-28-46/h9-28,36,38-39,43-44,47-52,58H,29-35,37H2,1-8H3/t39-,43+,44-,47+,48-,49?,50-,51+,52+,56+,57-/m1/s1. The Bertz CT molecular complexity index is 2200. The topological polar surface area (TPSA) is 82.1 Å². The number of carbonyl (C=O) groups excluding carboxylic acids is 2. The van der Waals surface area contributed by atoms with E-state index in [9.17, 15) is 14.7 Å². The van der Waals surface area contributed by atoms with Gasteiger partial charge >= 0.3 is 11.9 Å². The molecule has 0 heterocycles. The second kappa shape index (κ2) is 18.5. The van der Waals surface area contributed by atoms with Crippen molar-refractivity contribution in [3.63, 3.8) is 0 Å². The zero-order valence-corrected chi connectivity index (χ0v) is 40.5. The summed E-state index contributed by atoms with van der Waals surface area (Å²) in [6.07, 6.45) is 7.93. The molecule has 6 nitrogen and oxygen atoms in total. The van der Waals surface area contributed by atoms with Gasteiger partial charge in [0.05, 0.1) is 17.2 Å². The lowest BCUT2D eigenvalue weighted by Crippen LogP contribution is -2.68. The minimum atomic E-state index is -2.78. The van der Waals surface area contributed by atoms with E-state index in [-0.39, 0.29) is 75.7 Å². The molecule has 3 fully saturated rings. The van der Waals surface area contributed by atoms with Crippen molar-refractivity contribution in [2.75, 3.05) is 0 Å². The van der Waals surface area contributed by atoms with Crippen LogP contribution in [0.25, 0.3) is 0 Å². The Labute approximate surface area is 384 Å². The first-order valence-corrected chi connectivity index (χ1v) is 26.2. The van der Waals surface area contributed by atoms with Gasteiger partial charge in [0.2, 0.25) is 0 Å². The quantitative estimate of drug-likeness (QED) is 0.0818. The average molecular weight is 881 g/mol. The van der Waals surface area contributed by atoms with Gasteiger partial charge in [-0.25, -0.2) is 9.59 Å². The summed E-state index contributed by atoms with van der Waals surface area (Å²) in [6, 6.07) is 40.5. The Morgan fingerprint density at radius 3 is 1.84 bits per heavy atom. The first-order chi connectivity index (χ1) is 30.5. The predicted octanol–water partition coefficient (Wildman–Crippen LogP) is 11.6. The van der Waals surface area contributed by atoms with E-state index in [1.54, 1.807) is 0 Å². The predicted molar refractivity (Wildman–Crippen MR) is 259 cm³/mol. The van der Waals surface area contributed by atoms with Gasteiger partial charge in [-0.15, -0.1) is 0 Å². The number of ether oxygens (including phenoxy) is 2. The van der Waals surface area contributed by atoms with E-state index in [2.05, 4.69) is 122 Å². The highest BCUT2D eigenvalue weighted by Gasteiger charge is 2.65. The van der Waals surface area contributed by atoms with Gasteiger partial charge in [-0.1, -0.05) is 164 Å². The fourth-order valence-electron chi connectivity index (χ4n) is 13.6. The minimum Gasteiger partial charge on any atom is -0.459 e. The van der Waals surface area contributed by atoms with Crippen molar-refractivity contribution in [1.82, 2.24) is 0 Å². The van der Waals surface area contributed by atoms with Gasteiger partial charge in [-0.05, 0) is 131 Å². The van der Waals surface area contributed by atoms with E-state index in [1.165, 1.54) is 15.9 Å². The van der Waals surface area contributed by atoms with Crippen LogP contribution in [0.2, 0.25) is 5.04 Å². The van der Waals surface area contributed by atoms with Crippen LogP contribution in [0.4, 0.5) is 0 Å². The molecule has 0 radical (unpaired) electrons. The van der Waals surface area contributed by atoms with Gasteiger partial charge in [0.25, 0.3) is 8.32 Å². The van der Waals surface area contributed by atoms with Crippen LogP contribution in [-0.4, -0.2) is 49.8 Å². The molecular weight excluding hydrogens is 809 g/mol. The smallest absolute Gasteiger partial charge is 0.338 e. The molecule has 11 atom stereocenters. The van der Waals surface area contributed by atoms with Crippen LogP contribution >= 0.6 is 0 Å². The van der Waals surface area contributed by atoms with E-state index in [1.807, 2.05) is 60.7 Å². The molecule has 4 aromatic rings. The largest absolute Gasteiger partial charge is 0.459 e. The third kappa shape index (κ3) is 8.74. The van der Waals surface area contributed by atoms with Crippen molar-refractivity contribution in [3.8, 4) is 0 Å². The van der Waals surface area contributed by atoms with Crippen LogP contribution in [0.15, 0.2) is 133 Å². The maximum absolute atomic E-state index is 14.0. The van der Waals surface area contributed by atoms with Crippen molar-refractivity contribution >= 4 is 30.6 Å². The molecule has 64 heavy (non-hydrogen) atoms. The Morgan fingerprint density at radius 2 is 1.30 bits per heavy atom. The Morgan fingerprint density at radius 1 is 0.750 bits per heavy atom. The number of aliphatic hydroxyl groups is 1. The normalized spacial score (nSPS) is 30.0. The summed E-state index contributed by atoms with van der Waals surface area (Å²) >= 11 is 0. The van der Waals surface area contributed by atoms with Gasteiger partial charge in [0, 0.05) is 12.0 Å². The van der Waals surface area contributed by atoms with E-state index in [0.717, 1.165) is 51.4 Å². The van der Waals surface area contributed by atoms with Gasteiger partial charge in [0.1, 0.15) is 12.2 Å². The third-order valence-corrected chi connectivity index (χ3v) is 21.6. The van der Waals surface area contributed by atoms with E-state index in [4.69, 9.17) is 13.9 Å². The van der Waals surface area contributed by atoms with Crippen molar-refractivity contribution < 1.29 is 28.6 Å². The van der Waals surface area contributed by atoms with Gasteiger partial charge in [-0.3, -0.25) is 0 Å². The molecule has 1 unspecified atom stereocenters. The summed E-state index contributed by atoms with van der Waals surface area (Å²) in [6.45, 7) is 18.6. The SMILES string of the molecule is CC(C)C[C@H](C[C@@H](C)[C@H]1C[C@@H](OC(=O)c2ccccc2)[C@H]2[C@@H]3C(O)C=C4C[C@@H](O[Si](c5ccccc5)(c5ccccc5)C(C)(C)C)CC[C@]4(C)[C@H]3CC[C@@]21C)OC(=O)c1ccccc1. The second-order valence-electron chi connectivity index (χ2n) is 21.9. The lowest BCUT2D eigenvalue weighted by molar-refractivity contribution is -0.120. The first-order valence-electron chi connectivity index (χ1n) is 24.3. The summed E-state index contributed by atoms with van der Waals surface area (Å²) in [5.74, 6) is 0.315. The number of benzene rings is 4. The molecule has 0 saturated heterocycles. The lowest BCUT2D eigenvalue weighted by Gasteiger charge is -2.60. The lowest BCUT2D eigenvalue weighted by atomic mass is 9.46. The van der Waals surface area contributed by atoms with Gasteiger partial charge in [-0.2, -0.15) is 0 Å². The van der Waals surface area contributed by atoms with Crippen LogP contribution in [0.3, 0.4) is 0 Å². The number of hydrogen-bond donors (Lipinski definition) is 1. The van der Waals surface area contributed by atoms with Crippen molar-refractivity contribution in [2.45, 2.75) is 136 Å². The second-order valence-corrected chi connectivity index (χ2v) is 26.1. The maximum Gasteiger partial charge on any atom is 0.338 e. The summed E-state index contributed by atoms with van der Waals surface area (Å²) in [5.41, 5.74) is 2.15. The molecule has 0 aromatic heterocycles. The molecule has 340 valence electrons. The van der Waals surface area contributed by atoms with E-state index < -0.39 is 14.4 Å². The molecule has 0 spiro atoms. The summed E-state index contributed by atoms with van der Waals surface area (Å²) in [4.78, 5) is 27.4. The number of esters is 2. The van der Waals surface area contributed by atoms with Crippen molar-refractivity contribution in [2.24, 2.45) is 46.3 Å². The maximum atomic E-state index is 14.0. The molecule has 7 heteroatoms. The first kappa shape index (κ1) is 46.2. The van der Waals surface area contributed by atoms with E-state index in [0.29, 0.717) is 17.0 Å². The molecule has 4 aromatic carbocycles. The molecule has 8 rings (SSSR count). The summed E-state index contributed by atoms with van der Waals surface area (Å²) in [5, 5.41) is 15.1. The number of aliphatic hydroxyl groups excluding tert-OH is 1. The molecular formula is C57H72O6Si. The third-order valence-electron chi connectivity index (χ3n) is 16.5. The molecule has 0 amide bonds. The van der Waals surface area contributed by atoms with Crippen LogP contribution in [0, 0.1) is 46.3 Å². The Balaban J connectivity index is 1.10. The average Bonchev–Trinajstić information content (AvgIpc) is 3.58. The molecule has 4 aliphatic rings. The highest BCUT2D eigenvalue weighted by molar-refractivity contribution is 6.99. The van der Waals surface area contributed by atoms with Crippen LogP contribution < -0.4 is 10.4 Å². The zero-order chi connectivity index (χ0) is 45.4. The number of carbonyl (C=O) groups is 2. The van der Waals surface area contributed by atoms with Gasteiger partial charge < -0.3 is 19.0 Å². The molecule has 0 bridgehead atoms. The fourth-order valence-corrected chi connectivity index (χ4v) is 18.3. The molecule has 3 saturated carbocycles. The molecule has 1 N–H and O–H groups in total. The summed E-state index contributed by atoms with van der Waals surface area (Å²) in [7, 11) is -2.78. The molecule has 4 aliphatic carbocycles. The number of fused-ring (bicyclic) bond motifs is 5. The number of hydrogen-bond acceptors (Lipinski definition) is 6. The zero-order valence-electron chi connectivity index (χ0n) is 39.5. The highest BCUT2D eigenvalue weighted by Crippen LogP contribution is 2.68. The van der Waals surface area contributed by atoms with E-state index >= 15 is 0 Å². The number of rotatable bonds is 13. The van der Waals surface area contributed by atoms with Crippen molar-refractivity contribution in [3.05, 3.63) is 144 Å². The van der Waals surface area contributed by atoms with Gasteiger partial charge in [0.15, 0.2) is 0 Å². The van der Waals surface area contributed by atoms with Crippen molar-refractivity contribution in [1.29, 1.82) is 0 Å². The Kier molecular flexibility index (Phi) is 13.4. The van der Waals surface area contributed by atoms with Crippen LogP contribution in [0.5, 0.6) is 0 Å². The minimum absolute atomic E-state index is 0.0225. The fraction of sp³-hybridized carbons (Fsp3) is 0.509. The van der Waals surface area contributed by atoms with Crippen LogP contribution in [-0.2, 0) is 13.9 Å².